The average molecular weight is 342 g/mol. The third-order valence-electron chi connectivity index (χ3n) is 3.69. The van der Waals surface area contributed by atoms with Gasteiger partial charge in [0, 0.05) is 12.4 Å². The second-order valence-corrected chi connectivity index (χ2v) is 7.43. The lowest BCUT2D eigenvalue weighted by Crippen LogP contribution is -2.30. The second kappa shape index (κ2) is 5.78. The fraction of sp³-hybridized carbons (Fsp3) is 0.538. The molecule has 8 heteroatoms. The first-order chi connectivity index (χ1) is 9.69. The first-order valence-electron chi connectivity index (χ1n) is 6.41. The van der Waals surface area contributed by atoms with E-state index in [1.54, 1.807) is 0 Å². The Morgan fingerprint density at radius 3 is 2.48 bits per heavy atom. The maximum Gasteiger partial charge on any atom is 0.416 e. The lowest BCUT2D eigenvalue weighted by Gasteiger charge is -2.15. The van der Waals surface area contributed by atoms with Crippen LogP contribution in [0.1, 0.15) is 24.8 Å². The van der Waals surface area contributed by atoms with Crippen LogP contribution in [0.3, 0.4) is 0 Å². The van der Waals surface area contributed by atoms with Gasteiger partial charge in [-0.1, -0.05) is 6.07 Å². The van der Waals surface area contributed by atoms with Gasteiger partial charge in [0.15, 0.2) is 0 Å². The largest absolute Gasteiger partial charge is 0.416 e. The minimum Gasteiger partial charge on any atom is -0.211 e. The van der Waals surface area contributed by atoms with Crippen molar-refractivity contribution in [2.75, 3.05) is 12.4 Å². The molecule has 118 valence electrons. The lowest BCUT2D eigenvalue weighted by atomic mass is 10.1. The van der Waals surface area contributed by atoms with Crippen LogP contribution in [0.2, 0.25) is 0 Å². The Morgan fingerprint density at radius 2 is 1.95 bits per heavy atom. The zero-order chi connectivity index (χ0) is 15.7. The molecule has 1 saturated carbocycles. The molecule has 0 heterocycles. The Balaban J connectivity index is 2.13. The molecular formula is C13H15ClF3NO2S. The topological polar surface area (TPSA) is 46.2 Å². The summed E-state index contributed by atoms with van der Waals surface area (Å²) in [4.78, 5) is -0.376. The first-order valence-corrected chi connectivity index (χ1v) is 8.43. The van der Waals surface area contributed by atoms with E-state index < -0.39 is 21.8 Å². The lowest BCUT2D eigenvalue weighted by molar-refractivity contribution is -0.137. The Bertz CT molecular complexity index is 612. The molecule has 0 atom stereocenters. The van der Waals surface area contributed by atoms with E-state index in [0.717, 1.165) is 31.0 Å². The van der Waals surface area contributed by atoms with Gasteiger partial charge in [-0.3, -0.25) is 0 Å². The van der Waals surface area contributed by atoms with E-state index in [1.165, 1.54) is 0 Å². The summed E-state index contributed by atoms with van der Waals surface area (Å²) >= 11 is 5.66. The van der Waals surface area contributed by atoms with Gasteiger partial charge in [-0.2, -0.15) is 13.2 Å². The van der Waals surface area contributed by atoms with Gasteiger partial charge in [0.2, 0.25) is 10.0 Å². The van der Waals surface area contributed by atoms with Crippen molar-refractivity contribution < 1.29 is 21.6 Å². The van der Waals surface area contributed by atoms with Gasteiger partial charge in [-0.15, -0.1) is 11.6 Å². The molecule has 1 aromatic carbocycles. The molecule has 1 N–H and O–H groups in total. The van der Waals surface area contributed by atoms with E-state index in [0.29, 0.717) is 18.4 Å². The van der Waals surface area contributed by atoms with Gasteiger partial charge >= 0.3 is 6.18 Å². The van der Waals surface area contributed by atoms with Gasteiger partial charge in [0.1, 0.15) is 0 Å². The van der Waals surface area contributed by atoms with Crippen LogP contribution in [0.25, 0.3) is 0 Å². The number of sulfonamides is 1. The van der Waals surface area contributed by atoms with Crippen molar-refractivity contribution in [2.45, 2.75) is 30.3 Å². The van der Waals surface area contributed by atoms with Gasteiger partial charge in [-0.05, 0) is 42.9 Å². The molecule has 0 amide bonds. The van der Waals surface area contributed by atoms with Crippen molar-refractivity contribution in [3.8, 4) is 0 Å². The van der Waals surface area contributed by atoms with Gasteiger partial charge in [0.25, 0.3) is 0 Å². The fourth-order valence-electron chi connectivity index (χ4n) is 2.06. The number of hydrogen-bond acceptors (Lipinski definition) is 2. The number of nitrogens with one attached hydrogen (secondary N) is 1. The predicted molar refractivity (Wildman–Crippen MR) is 73.6 cm³/mol. The van der Waals surface area contributed by atoms with Crippen molar-refractivity contribution in [1.29, 1.82) is 0 Å². The van der Waals surface area contributed by atoms with Crippen molar-refractivity contribution in [3.63, 3.8) is 0 Å². The Labute approximate surface area is 126 Å². The molecular weight excluding hydrogens is 327 g/mol. The summed E-state index contributed by atoms with van der Waals surface area (Å²) in [6, 6.07) is 3.72. The second-order valence-electron chi connectivity index (χ2n) is 5.29. The van der Waals surface area contributed by atoms with E-state index in [4.69, 9.17) is 11.6 Å². The molecule has 0 bridgehead atoms. The van der Waals surface area contributed by atoms with Crippen molar-refractivity contribution in [1.82, 2.24) is 4.72 Å². The molecule has 0 radical (unpaired) electrons. The van der Waals surface area contributed by atoms with Crippen LogP contribution in [0, 0.1) is 5.41 Å². The highest BCUT2D eigenvalue weighted by Crippen LogP contribution is 2.48. The van der Waals surface area contributed by atoms with Crippen LogP contribution in [-0.2, 0) is 16.2 Å². The van der Waals surface area contributed by atoms with Crippen molar-refractivity contribution in [2.24, 2.45) is 5.41 Å². The van der Waals surface area contributed by atoms with Gasteiger partial charge in [0.05, 0.1) is 10.5 Å². The molecule has 0 spiro atoms. The number of halogens is 4. The molecule has 1 aliphatic carbocycles. The van der Waals surface area contributed by atoms with Gasteiger partial charge < -0.3 is 0 Å². The molecule has 0 aliphatic heterocycles. The number of benzene rings is 1. The smallest absolute Gasteiger partial charge is 0.211 e. The standard InChI is InChI=1S/C13H15ClF3NO2S/c14-7-6-12(4-5-12)9-18-21(19,20)11-3-1-2-10(8-11)13(15,16)17/h1-3,8,18H,4-7,9H2. The van der Waals surface area contributed by atoms with E-state index in [2.05, 4.69) is 4.72 Å². The number of alkyl halides is 4. The van der Waals surface area contributed by atoms with Crippen LogP contribution in [0.5, 0.6) is 0 Å². The summed E-state index contributed by atoms with van der Waals surface area (Å²) in [5.74, 6) is 0.436. The summed E-state index contributed by atoms with van der Waals surface area (Å²) in [6.45, 7) is 0.207. The highest BCUT2D eigenvalue weighted by Gasteiger charge is 2.42. The summed E-state index contributed by atoms with van der Waals surface area (Å²) in [7, 11) is -3.95. The highest BCUT2D eigenvalue weighted by molar-refractivity contribution is 7.89. The molecule has 3 nitrogen and oxygen atoms in total. The Kier molecular flexibility index (Phi) is 4.56. The summed E-state index contributed by atoms with van der Waals surface area (Å²) < 4.78 is 64.4. The fourth-order valence-corrected chi connectivity index (χ4v) is 3.67. The van der Waals surface area contributed by atoms with Crippen LogP contribution >= 0.6 is 11.6 Å². The monoisotopic (exact) mass is 341 g/mol. The zero-order valence-corrected chi connectivity index (χ0v) is 12.7. The minimum absolute atomic E-state index is 0.129. The average Bonchev–Trinajstić information content (AvgIpc) is 3.17. The van der Waals surface area contributed by atoms with E-state index in [1.807, 2.05) is 0 Å². The third-order valence-corrected chi connectivity index (χ3v) is 5.28. The molecule has 0 saturated heterocycles. The molecule has 0 unspecified atom stereocenters. The number of rotatable bonds is 6. The maximum atomic E-state index is 12.6. The highest BCUT2D eigenvalue weighted by atomic mass is 35.5. The van der Waals surface area contributed by atoms with Gasteiger partial charge in [-0.25, -0.2) is 13.1 Å². The van der Waals surface area contributed by atoms with E-state index in [9.17, 15) is 21.6 Å². The van der Waals surface area contributed by atoms with Crippen molar-refractivity contribution in [3.05, 3.63) is 29.8 Å². The maximum absolute atomic E-state index is 12.6. The third kappa shape index (κ3) is 4.11. The SMILES string of the molecule is O=S(=O)(NCC1(CCCl)CC1)c1cccc(C(F)(F)F)c1. The summed E-state index contributed by atoms with van der Waals surface area (Å²) in [6.07, 6.45) is -2.11. The first kappa shape index (κ1) is 16.6. The van der Waals surface area contributed by atoms with Crippen LogP contribution < -0.4 is 4.72 Å². The van der Waals surface area contributed by atoms with Crippen LogP contribution in [0.15, 0.2) is 29.2 Å². The molecule has 1 aliphatic rings. The molecule has 1 fully saturated rings. The zero-order valence-electron chi connectivity index (χ0n) is 11.1. The normalized spacial score (nSPS) is 17.7. The predicted octanol–water partition coefficient (Wildman–Crippen LogP) is 3.39. The summed E-state index contributed by atoms with van der Waals surface area (Å²) in [5, 5.41) is 0. The Hall–Kier alpha value is -0.790. The Morgan fingerprint density at radius 1 is 1.29 bits per heavy atom. The molecule has 21 heavy (non-hydrogen) atoms. The van der Waals surface area contributed by atoms with E-state index in [-0.39, 0.29) is 16.9 Å². The summed E-state index contributed by atoms with van der Waals surface area (Å²) in [5.41, 5.74) is -1.11. The number of hydrogen-bond donors (Lipinski definition) is 1. The van der Waals surface area contributed by atoms with Crippen molar-refractivity contribution >= 4 is 21.6 Å². The van der Waals surface area contributed by atoms with Crippen LogP contribution in [-0.4, -0.2) is 20.8 Å². The van der Waals surface area contributed by atoms with E-state index >= 15 is 0 Å². The molecule has 2 rings (SSSR count). The van der Waals surface area contributed by atoms with Crippen LogP contribution in [0.4, 0.5) is 13.2 Å². The minimum atomic E-state index is -4.57. The quantitative estimate of drug-likeness (QED) is 0.806. The molecule has 0 aromatic heterocycles. The molecule has 1 aromatic rings.